The predicted octanol–water partition coefficient (Wildman–Crippen LogP) is 2.90. The molecule has 0 saturated carbocycles. The fraction of sp³-hybridized carbons (Fsp3) is 0.375. The zero-order chi connectivity index (χ0) is 24.7. The van der Waals surface area contributed by atoms with Crippen LogP contribution in [0.15, 0.2) is 51.7 Å². The molecular formula is C24H30FN5O4. The normalized spacial score (nSPS) is 12.0. The molecule has 1 aromatic heterocycles. The highest BCUT2D eigenvalue weighted by atomic mass is 19.1. The maximum absolute atomic E-state index is 13.0. The third-order valence-electron chi connectivity index (χ3n) is 5.27. The number of likely N-dealkylation sites (N-methyl/N-ethyl adjacent to an activating group) is 1. The van der Waals surface area contributed by atoms with Crippen molar-refractivity contribution in [2.24, 2.45) is 0 Å². The van der Waals surface area contributed by atoms with Crippen LogP contribution in [0, 0.1) is 5.82 Å². The SMILES string of the molecule is CCCC(NC(=O)NCc1ccc(F)cc1)C(=O)Nc1ccc2oc(=O)n(CCN(C)C)c2c1. The molecule has 182 valence electrons. The van der Waals surface area contributed by atoms with Crippen molar-refractivity contribution in [1.82, 2.24) is 20.1 Å². The van der Waals surface area contributed by atoms with Crippen LogP contribution >= 0.6 is 0 Å². The summed E-state index contributed by atoms with van der Waals surface area (Å²) in [6.07, 6.45) is 1.12. The quantitative estimate of drug-likeness (QED) is 0.421. The summed E-state index contributed by atoms with van der Waals surface area (Å²) < 4.78 is 19.8. The first-order valence-electron chi connectivity index (χ1n) is 11.1. The van der Waals surface area contributed by atoms with Gasteiger partial charge in [-0.3, -0.25) is 9.36 Å². The minimum absolute atomic E-state index is 0.203. The van der Waals surface area contributed by atoms with E-state index >= 15 is 0 Å². The first-order chi connectivity index (χ1) is 16.3. The zero-order valence-corrected chi connectivity index (χ0v) is 19.6. The lowest BCUT2D eigenvalue weighted by Crippen LogP contribution is -2.47. The van der Waals surface area contributed by atoms with E-state index in [4.69, 9.17) is 4.42 Å². The molecule has 3 N–H and O–H groups in total. The summed E-state index contributed by atoms with van der Waals surface area (Å²) in [5.74, 6) is -1.18. The van der Waals surface area contributed by atoms with E-state index in [0.29, 0.717) is 42.7 Å². The Hall–Kier alpha value is -3.66. The van der Waals surface area contributed by atoms with Crippen LogP contribution in [-0.2, 0) is 17.9 Å². The molecule has 0 aliphatic heterocycles. The number of nitrogens with one attached hydrogen (secondary N) is 3. The second-order valence-corrected chi connectivity index (χ2v) is 8.29. The van der Waals surface area contributed by atoms with Gasteiger partial charge in [0.25, 0.3) is 0 Å². The van der Waals surface area contributed by atoms with Crippen molar-refractivity contribution >= 4 is 28.7 Å². The molecular weight excluding hydrogens is 441 g/mol. The second-order valence-electron chi connectivity index (χ2n) is 8.29. The lowest BCUT2D eigenvalue weighted by atomic mass is 10.1. The van der Waals surface area contributed by atoms with E-state index in [1.807, 2.05) is 25.9 Å². The average Bonchev–Trinajstić information content (AvgIpc) is 3.11. The predicted molar refractivity (Wildman–Crippen MR) is 128 cm³/mol. The van der Waals surface area contributed by atoms with Crippen LogP contribution in [0.25, 0.3) is 11.1 Å². The van der Waals surface area contributed by atoms with Crippen LogP contribution in [0.4, 0.5) is 14.9 Å². The van der Waals surface area contributed by atoms with E-state index < -0.39 is 17.8 Å². The Balaban J connectivity index is 1.65. The molecule has 10 heteroatoms. The van der Waals surface area contributed by atoms with Crippen molar-refractivity contribution in [1.29, 1.82) is 0 Å². The second kappa shape index (κ2) is 11.5. The number of aromatic nitrogens is 1. The molecule has 0 aliphatic rings. The standard InChI is InChI=1S/C24H30FN5O4/c1-4-5-19(28-23(32)26-15-16-6-8-17(25)9-7-16)22(31)27-18-10-11-21-20(14-18)30(24(33)34-21)13-12-29(2)3/h6-11,14,19H,4-5,12-13,15H2,1-3H3,(H,27,31)(H2,26,28,32). The summed E-state index contributed by atoms with van der Waals surface area (Å²) >= 11 is 0. The molecule has 0 bridgehead atoms. The van der Waals surface area contributed by atoms with E-state index in [-0.39, 0.29) is 18.3 Å². The lowest BCUT2D eigenvalue weighted by molar-refractivity contribution is -0.118. The summed E-state index contributed by atoms with van der Waals surface area (Å²) in [7, 11) is 3.82. The topological polar surface area (TPSA) is 109 Å². The first-order valence-corrected chi connectivity index (χ1v) is 11.1. The van der Waals surface area contributed by atoms with Gasteiger partial charge in [0.15, 0.2) is 5.58 Å². The van der Waals surface area contributed by atoms with E-state index in [1.165, 1.54) is 16.7 Å². The van der Waals surface area contributed by atoms with Gasteiger partial charge in [-0.25, -0.2) is 14.0 Å². The summed E-state index contributed by atoms with van der Waals surface area (Å²) in [4.78, 5) is 39.4. The van der Waals surface area contributed by atoms with Gasteiger partial charge in [-0.15, -0.1) is 0 Å². The Morgan fingerprint density at radius 3 is 2.56 bits per heavy atom. The van der Waals surface area contributed by atoms with Crippen LogP contribution in [-0.4, -0.2) is 48.1 Å². The number of carbonyl (C=O) groups excluding carboxylic acids is 2. The van der Waals surface area contributed by atoms with E-state index in [2.05, 4.69) is 16.0 Å². The van der Waals surface area contributed by atoms with Crippen LogP contribution < -0.4 is 21.7 Å². The molecule has 0 aliphatic carbocycles. The highest BCUT2D eigenvalue weighted by molar-refractivity contribution is 5.98. The molecule has 9 nitrogen and oxygen atoms in total. The number of urea groups is 1. The highest BCUT2D eigenvalue weighted by Crippen LogP contribution is 2.19. The van der Waals surface area contributed by atoms with Crippen LogP contribution in [0.3, 0.4) is 0 Å². The average molecular weight is 472 g/mol. The van der Waals surface area contributed by atoms with E-state index in [9.17, 15) is 18.8 Å². The monoisotopic (exact) mass is 471 g/mol. The van der Waals surface area contributed by atoms with E-state index in [1.54, 1.807) is 30.3 Å². The molecule has 2 aromatic carbocycles. The minimum Gasteiger partial charge on any atom is -0.408 e. The van der Waals surface area contributed by atoms with Crippen molar-refractivity contribution in [3.63, 3.8) is 0 Å². The summed E-state index contributed by atoms with van der Waals surface area (Å²) in [6.45, 7) is 3.22. The number of anilines is 1. The van der Waals surface area contributed by atoms with Gasteiger partial charge >= 0.3 is 11.8 Å². The van der Waals surface area contributed by atoms with Crippen LogP contribution in [0.1, 0.15) is 25.3 Å². The fourth-order valence-electron chi connectivity index (χ4n) is 3.43. The number of hydrogen-bond acceptors (Lipinski definition) is 5. The number of amides is 3. The van der Waals surface area contributed by atoms with Gasteiger partial charge in [0, 0.05) is 25.3 Å². The molecule has 3 amide bonds. The number of halogens is 1. The molecule has 0 spiro atoms. The van der Waals surface area contributed by atoms with Crippen molar-refractivity contribution in [2.45, 2.75) is 38.9 Å². The minimum atomic E-state index is -0.755. The number of benzene rings is 2. The number of oxazole rings is 1. The Morgan fingerprint density at radius 1 is 1.15 bits per heavy atom. The van der Waals surface area contributed by atoms with Crippen molar-refractivity contribution in [3.05, 3.63) is 64.4 Å². The maximum Gasteiger partial charge on any atom is 0.419 e. The van der Waals surface area contributed by atoms with Crippen molar-refractivity contribution in [2.75, 3.05) is 26.0 Å². The van der Waals surface area contributed by atoms with Crippen molar-refractivity contribution < 1.29 is 18.4 Å². The zero-order valence-electron chi connectivity index (χ0n) is 19.6. The molecule has 1 unspecified atom stereocenters. The Morgan fingerprint density at radius 2 is 1.88 bits per heavy atom. The highest BCUT2D eigenvalue weighted by Gasteiger charge is 2.20. The number of nitrogens with zero attached hydrogens (tertiary/aromatic N) is 2. The fourth-order valence-corrected chi connectivity index (χ4v) is 3.43. The Bertz CT molecular complexity index is 1190. The van der Waals surface area contributed by atoms with Gasteiger partial charge in [0.05, 0.1) is 5.52 Å². The number of carbonyl (C=O) groups is 2. The third-order valence-corrected chi connectivity index (χ3v) is 5.27. The van der Waals surface area contributed by atoms with Gasteiger partial charge in [0.1, 0.15) is 11.9 Å². The van der Waals surface area contributed by atoms with Gasteiger partial charge < -0.3 is 25.3 Å². The molecule has 3 aromatic rings. The number of hydrogen-bond donors (Lipinski definition) is 3. The number of rotatable bonds is 10. The summed E-state index contributed by atoms with van der Waals surface area (Å²) in [6, 6.07) is 9.51. The molecule has 34 heavy (non-hydrogen) atoms. The Labute approximate surface area is 196 Å². The van der Waals surface area contributed by atoms with Crippen LogP contribution in [0.5, 0.6) is 0 Å². The van der Waals surface area contributed by atoms with Crippen LogP contribution in [0.2, 0.25) is 0 Å². The Kier molecular flexibility index (Phi) is 8.42. The molecule has 1 heterocycles. The van der Waals surface area contributed by atoms with E-state index in [0.717, 1.165) is 5.56 Å². The maximum atomic E-state index is 13.0. The third kappa shape index (κ3) is 6.67. The van der Waals surface area contributed by atoms with Gasteiger partial charge in [-0.2, -0.15) is 0 Å². The largest absolute Gasteiger partial charge is 0.419 e. The van der Waals surface area contributed by atoms with Gasteiger partial charge in [-0.1, -0.05) is 25.5 Å². The van der Waals surface area contributed by atoms with Crippen molar-refractivity contribution in [3.8, 4) is 0 Å². The molecule has 0 fully saturated rings. The number of fused-ring (bicyclic) bond motifs is 1. The molecule has 3 rings (SSSR count). The lowest BCUT2D eigenvalue weighted by Gasteiger charge is -2.18. The first kappa shape index (κ1) is 25.0. The van der Waals surface area contributed by atoms with Gasteiger partial charge in [-0.05, 0) is 56.4 Å². The smallest absolute Gasteiger partial charge is 0.408 e. The molecule has 1 atom stereocenters. The molecule has 0 radical (unpaired) electrons. The summed E-state index contributed by atoms with van der Waals surface area (Å²) in [5, 5.41) is 8.18. The summed E-state index contributed by atoms with van der Waals surface area (Å²) in [5.41, 5.74) is 2.25. The van der Waals surface area contributed by atoms with Gasteiger partial charge in [0.2, 0.25) is 5.91 Å². The molecule has 0 saturated heterocycles.